The van der Waals surface area contributed by atoms with E-state index in [4.69, 9.17) is 8.85 Å². The molecule has 3 N–H and O–H groups in total. The molecule has 2 heterocycles. The van der Waals surface area contributed by atoms with Gasteiger partial charge in [-0.3, -0.25) is 9.59 Å². The summed E-state index contributed by atoms with van der Waals surface area (Å²) in [7, 11) is 1.36. The average molecular weight is 461 g/mol. The highest BCUT2D eigenvalue weighted by atomic mass is 19.3. The van der Waals surface area contributed by atoms with Crippen LogP contribution in [0.3, 0.4) is 0 Å². The zero-order valence-electron chi connectivity index (χ0n) is 20.9. The number of pyridine rings is 1. The predicted molar refractivity (Wildman–Crippen MR) is 119 cm³/mol. The molecule has 1 saturated carbocycles. The van der Waals surface area contributed by atoms with Gasteiger partial charge in [-0.25, -0.2) is 18.7 Å². The molecular weight excluding hydrogens is 434 g/mol. The third-order valence-electron chi connectivity index (χ3n) is 5.12. The van der Waals surface area contributed by atoms with E-state index in [1.807, 2.05) is 5.32 Å². The van der Waals surface area contributed by atoms with Gasteiger partial charge in [0, 0.05) is 36.2 Å². The number of fused-ring (bicyclic) bond motifs is 1. The minimum atomic E-state index is -3.01. The number of nitrogens with zero attached hydrogens (tertiary/aromatic N) is 3. The molecule has 0 saturated heterocycles. The Labute approximate surface area is 192 Å². The van der Waals surface area contributed by atoms with Gasteiger partial charge in [0.25, 0.3) is 11.8 Å². The predicted octanol–water partition coefficient (Wildman–Crippen LogP) is 3.55. The molecule has 1 aliphatic rings. The van der Waals surface area contributed by atoms with Crippen LogP contribution >= 0.6 is 0 Å². The van der Waals surface area contributed by atoms with E-state index in [1.165, 1.54) is 24.1 Å². The number of carbonyl (C=O) groups excluding carboxylic acids is 2. The maximum absolute atomic E-state index is 13.7. The van der Waals surface area contributed by atoms with Gasteiger partial charge in [-0.2, -0.15) is 0 Å². The summed E-state index contributed by atoms with van der Waals surface area (Å²) in [6.45, 7) is -2.60. The minimum Gasteiger partial charge on any atom is -0.492 e. The van der Waals surface area contributed by atoms with Crippen LogP contribution in [-0.4, -0.2) is 46.4 Å². The van der Waals surface area contributed by atoms with Gasteiger partial charge < -0.3 is 25.3 Å². The van der Waals surface area contributed by atoms with Crippen molar-refractivity contribution in [3.05, 3.63) is 36.3 Å². The fourth-order valence-corrected chi connectivity index (χ4v) is 3.45. The monoisotopic (exact) mass is 461 g/mol. The number of imidazole rings is 1. The van der Waals surface area contributed by atoms with Crippen LogP contribution in [-0.2, 0) is 11.3 Å². The molecule has 174 valence electrons. The number of hydrogen-bond acceptors (Lipinski definition) is 6. The Morgan fingerprint density at radius 2 is 2.09 bits per heavy atom. The van der Waals surface area contributed by atoms with Crippen LogP contribution in [0.5, 0.6) is 5.75 Å². The molecule has 2 aromatic heterocycles. The lowest BCUT2D eigenvalue weighted by Gasteiger charge is -2.17. The first kappa shape index (κ1) is 18.8. The number of amides is 2. The molecule has 0 unspecified atom stereocenters. The number of carbonyl (C=O) groups is 2. The molecule has 0 radical (unpaired) electrons. The van der Waals surface area contributed by atoms with Crippen molar-refractivity contribution in [2.24, 2.45) is 5.92 Å². The zero-order valence-corrected chi connectivity index (χ0v) is 17.9. The Kier molecular flexibility index (Phi) is 4.92. The first-order valence-corrected chi connectivity index (χ1v) is 10.1. The van der Waals surface area contributed by atoms with Crippen LogP contribution in [0, 0.1) is 5.92 Å². The molecule has 3 aromatic rings. The third-order valence-corrected chi connectivity index (χ3v) is 5.12. The van der Waals surface area contributed by atoms with Gasteiger partial charge in [0.1, 0.15) is 11.3 Å². The summed E-state index contributed by atoms with van der Waals surface area (Å²) in [5, 5.41) is 7.58. The van der Waals surface area contributed by atoms with Crippen LogP contribution in [0.15, 0.2) is 30.7 Å². The van der Waals surface area contributed by atoms with Gasteiger partial charge >= 0.3 is 0 Å². The summed E-state index contributed by atoms with van der Waals surface area (Å²) in [5.41, 5.74) is 0.997. The van der Waals surface area contributed by atoms with Crippen molar-refractivity contribution in [3.8, 4) is 5.75 Å². The molecule has 33 heavy (non-hydrogen) atoms. The SMILES string of the molecule is [2H]C([2H])([2H])NC(=O)c1cnc(NC(=O)C2CC2)cc1Nc1ccc2ncn(CC(C)(F)F)c2c1OC. The van der Waals surface area contributed by atoms with Crippen LogP contribution in [0.2, 0.25) is 0 Å². The molecule has 4 rings (SSSR count). The highest BCUT2D eigenvalue weighted by Gasteiger charge is 2.30. The summed E-state index contributed by atoms with van der Waals surface area (Å²) in [5.74, 6) is -3.92. The van der Waals surface area contributed by atoms with Crippen molar-refractivity contribution in [3.63, 3.8) is 0 Å². The van der Waals surface area contributed by atoms with E-state index in [-0.39, 0.29) is 34.6 Å². The number of benzene rings is 1. The van der Waals surface area contributed by atoms with E-state index < -0.39 is 25.4 Å². The van der Waals surface area contributed by atoms with Crippen molar-refractivity contribution in [2.45, 2.75) is 32.2 Å². The smallest absolute Gasteiger partial charge is 0.262 e. The lowest BCUT2D eigenvalue weighted by Crippen LogP contribution is -2.21. The number of rotatable bonds is 8. The van der Waals surface area contributed by atoms with Crippen LogP contribution in [0.1, 0.15) is 34.2 Å². The molecule has 11 heteroatoms. The molecule has 2 amide bonds. The standard InChI is InChI=1S/C22H24F2N6O3/c1-22(23,24)10-30-11-27-14-6-7-15(19(33-3)18(14)30)28-16-8-17(29-20(31)12-4-5-12)26-9-13(16)21(32)25-2/h6-9,11-12H,4-5,10H2,1-3H3,(H,25,32)(H2,26,28,29,31)/i2D3. The van der Waals surface area contributed by atoms with Crippen molar-refractivity contribution < 1.29 is 27.2 Å². The Balaban J connectivity index is 1.75. The molecule has 0 bridgehead atoms. The van der Waals surface area contributed by atoms with Crippen LogP contribution in [0.25, 0.3) is 11.0 Å². The summed E-state index contributed by atoms with van der Waals surface area (Å²) in [6, 6.07) is 4.55. The van der Waals surface area contributed by atoms with E-state index in [9.17, 15) is 18.4 Å². The molecule has 0 spiro atoms. The molecule has 9 nitrogen and oxygen atoms in total. The number of hydrogen-bond donors (Lipinski definition) is 3. The number of halogens is 2. The van der Waals surface area contributed by atoms with Crippen molar-refractivity contribution in [2.75, 3.05) is 24.7 Å². The first-order chi connectivity index (χ1) is 16.8. The fraction of sp³-hybridized carbons (Fsp3) is 0.364. The van der Waals surface area contributed by atoms with E-state index in [0.29, 0.717) is 16.7 Å². The van der Waals surface area contributed by atoms with E-state index in [1.54, 1.807) is 12.1 Å². The average Bonchev–Trinajstić information content (AvgIpc) is 3.54. The number of alkyl halides is 2. The van der Waals surface area contributed by atoms with Gasteiger partial charge in [0.15, 0.2) is 5.75 Å². The van der Waals surface area contributed by atoms with Gasteiger partial charge in [-0.05, 0) is 25.0 Å². The Hall–Kier alpha value is -3.76. The Morgan fingerprint density at radius 1 is 1.30 bits per heavy atom. The normalized spacial score (nSPS) is 15.3. The molecular formula is C22H24F2N6O3. The van der Waals surface area contributed by atoms with Crippen LogP contribution in [0.4, 0.5) is 26.0 Å². The van der Waals surface area contributed by atoms with E-state index in [2.05, 4.69) is 20.6 Å². The highest BCUT2D eigenvalue weighted by Crippen LogP contribution is 2.37. The second-order valence-corrected chi connectivity index (χ2v) is 7.91. The maximum Gasteiger partial charge on any atom is 0.262 e. The topological polar surface area (TPSA) is 110 Å². The Bertz CT molecular complexity index is 1320. The Morgan fingerprint density at radius 3 is 2.76 bits per heavy atom. The number of ether oxygens (including phenoxy) is 1. The van der Waals surface area contributed by atoms with Crippen molar-refractivity contribution in [1.82, 2.24) is 19.9 Å². The fourth-order valence-electron chi connectivity index (χ4n) is 3.45. The minimum absolute atomic E-state index is 0.0961. The number of nitrogens with one attached hydrogen (secondary N) is 3. The molecule has 0 aliphatic heterocycles. The second kappa shape index (κ2) is 8.64. The quantitative estimate of drug-likeness (QED) is 0.473. The van der Waals surface area contributed by atoms with Gasteiger partial charge in [0.2, 0.25) is 5.91 Å². The highest BCUT2D eigenvalue weighted by molar-refractivity contribution is 6.02. The molecule has 1 aromatic carbocycles. The lowest BCUT2D eigenvalue weighted by molar-refractivity contribution is -0.117. The molecule has 1 fully saturated rings. The largest absolute Gasteiger partial charge is 0.492 e. The molecule has 0 atom stereocenters. The van der Waals surface area contributed by atoms with Gasteiger partial charge in [0.05, 0.1) is 42.4 Å². The number of methoxy groups -OCH3 is 1. The second-order valence-electron chi connectivity index (χ2n) is 7.91. The van der Waals surface area contributed by atoms with Crippen molar-refractivity contribution >= 4 is 40.0 Å². The van der Waals surface area contributed by atoms with Gasteiger partial charge in [-0.1, -0.05) is 0 Å². The maximum atomic E-state index is 13.7. The number of anilines is 3. The summed E-state index contributed by atoms with van der Waals surface area (Å²) in [6.07, 6.45) is 3.97. The zero-order chi connectivity index (χ0) is 26.3. The van der Waals surface area contributed by atoms with E-state index in [0.717, 1.165) is 26.0 Å². The van der Waals surface area contributed by atoms with Gasteiger partial charge in [-0.15, -0.1) is 0 Å². The van der Waals surface area contributed by atoms with E-state index >= 15 is 0 Å². The van der Waals surface area contributed by atoms with Crippen molar-refractivity contribution in [1.29, 1.82) is 0 Å². The summed E-state index contributed by atoms with van der Waals surface area (Å²) in [4.78, 5) is 33.1. The number of aromatic nitrogens is 3. The summed E-state index contributed by atoms with van der Waals surface area (Å²) < 4.78 is 56.3. The lowest BCUT2D eigenvalue weighted by atomic mass is 10.1. The first-order valence-electron chi connectivity index (χ1n) is 11.6. The summed E-state index contributed by atoms with van der Waals surface area (Å²) >= 11 is 0. The van der Waals surface area contributed by atoms with Crippen LogP contribution < -0.4 is 20.7 Å². The third kappa shape index (κ3) is 4.86. The molecule has 1 aliphatic carbocycles.